The molecule has 1 aromatic rings. The molecule has 0 aliphatic rings. The van der Waals surface area contributed by atoms with Crippen LogP contribution < -0.4 is 11.1 Å². The minimum atomic E-state index is -0.0645. The van der Waals surface area contributed by atoms with Gasteiger partial charge in [-0.1, -0.05) is 6.07 Å². The minimum absolute atomic E-state index is 0.0645. The summed E-state index contributed by atoms with van der Waals surface area (Å²) in [6, 6.07) is 5.89. The van der Waals surface area contributed by atoms with Crippen molar-refractivity contribution in [2.45, 2.75) is 26.8 Å². The van der Waals surface area contributed by atoms with E-state index in [2.05, 4.69) is 24.1 Å². The SMILES string of the molecule is COCCN(CC(=O)Nc1ccc(C)cc1N)C(C)C. The van der Waals surface area contributed by atoms with Crippen molar-refractivity contribution in [2.75, 3.05) is 37.9 Å². The van der Waals surface area contributed by atoms with Crippen LogP contribution in [0.1, 0.15) is 19.4 Å². The topological polar surface area (TPSA) is 67.6 Å². The molecule has 5 nitrogen and oxygen atoms in total. The van der Waals surface area contributed by atoms with E-state index in [1.54, 1.807) is 7.11 Å². The number of nitrogen functional groups attached to an aromatic ring is 1. The zero-order chi connectivity index (χ0) is 15.1. The lowest BCUT2D eigenvalue weighted by Crippen LogP contribution is -2.40. The summed E-state index contributed by atoms with van der Waals surface area (Å²) in [5.41, 5.74) is 8.22. The molecule has 3 N–H and O–H groups in total. The van der Waals surface area contributed by atoms with E-state index in [4.69, 9.17) is 10.5 Å². The molecule has 0 atom stereocenters. The van der Waals surface area contributed by atoms with Crippen LogP contribution in [0.5, 0.6) is 0 Å². The van der Waals surface area contributed by atoms with Gasteiger partial charge in [0.15, 0.2) is 0 Å². The van der Waals surface area contributed by atoms with E-state index >= 15 is 0 Å². The van der Waals surface area contributed by atoms with Gasteiger partial charge in [0.2, 0.25) is 5.91 Å². The molecule has 0 saturated heterocycles. The number of benzene rings is 1. The molecule has 0 spiro atoms. The van der Waals surface area contributed by atoms with Gasteiger partial charge in [0.25, 0.3) is 0 Å². The number of nitrogens with one attached hydrogen (secondary N) is 1. The molecule has 0 bridgehead atoms. The summed E-state index contributed by atoms with van der Waals surface area (Å²) in [6.07, 6.45) is 0. The number of ether oxygens (including phenoxy) is 1. The van der Waals surface area contributed by atoms with Gasteiger partial charge in [0.1, 0.15) is 0 Å². The second kappa shape index (κ2) is 7.87. The summed E-state index contributed by atoms with van der Waals surface area (Å²) in [4.78, 5) is 14.1. The highest BCUT2D eigenvalue weighted by molar-refractivity contribution is 5.95. The molecule has 1 aromatic carbocycles. The van der Waals surface area contributed by atoms with Crippen molar-refractivity contribution < 1.29 is 9.53 Å². The van der Waals surface area contributed by atoms with Gasteiger partial charge in [-0.3, -0.25) is 9.69 Å². The second-order valence-corrected chi connectivity index (χ2v) is 5.20. The molecule has 0 aliphatic carbocycles. The molecule has 0 radical (unpaired) electrons. The Balaban J connectivity index is 2.61. The summed E-state index contributed by atoms with van der Waals surface area (Å²) >= 11 is 0. The van der Waals surface area contributed by atoms with Crippen molar-refractivity contribution in [2.24, 2.45) is 0 Å². The predicted octanol–water partition coefficient (Wildman–Crippen LogP) is 1.87. The largest absolute Gasteiger partial charge is 0.397 e. The van der Waals surface area contributed by atoms with Crippen molar-refractivity contribution in [3.8, 4) is 0 Å². The molecule has 0 saturated carbocycles. The van der Waals surface area contributed by atoms with E-state index in [0.29, 0.717) is 24.5 Å². The lowest BCUT2D eigenvalue weighted by atomic mass is 10.2. The summed E-state index contributed by atoms with van der Waals surface area (Å²) in [6.45, 7) is 7.75. The Labute approximate surface area is 121 Å². The smallest absolute Gasteiger partial charge is 0.238 e. The molecule has 0 unspecified atom stereocenters. The van der Waals surface area contributed by atoms with Crippen LogP contribution in [-0.4, -0.2) is 43.7 Å². The number of hydrogen-bond donors (Lipinski definition) is 2. The minimum Gasteiger partial charge on any atom is -0.397 e. The maximum atomic E-state index is 12.1. The Kier molecular flexibility index (Phi) is 6.48. The molecule has 20 heavy (non-hydrogen) atoms. The third-order valence-electron chi connectivity index (χ3n) is 3.14. The first-order valence-electron chi connectivity index (χ1n) is 6.83. The van der Waals surface area contributed by atoms with Crippen LogP contribution in [0.4, 0.5) is 11.4 Å². The lowest BCUT2D eigenvalue weighted by molar-refractivity contribution is -0.117. The molecule has 1 amide bonds. The van der Waals surface area contributed by atoms with Crippen molar-refractivity contribution in [1.82, 2.24) is 4.90 Å². The Morgan fingerprint density at radius 1 is 1.45 bits per heavy atom. The summed E-state index contributed by atoms with van der Waals surface area (Å²) in [7, 11) is 1.66. The molecule has 5 heteroatoms. The monoisotopic (exact) mass is 279 g/mol. The number of nitrogens with zero attached hydrogens (tertiary/aromatic N) is 1. The molecule has 112 valence electrons. The maximum Gasteiger partial charge on any atom is 0.238 e. The lowest BCUT2D eigenvalue weighted by Gasteiger charge is -2.25. The summed E-state index contributed by atoms with van der Waals surface area (Å²) in [5.74, 6) is -0.0645. The average Bonchev–Trinajstić information content (AvgIpc) is 2.37. The molecule has 1 rings (SSSR count). The van der Waals surface area contributed by atoms with E-state index in [0.717, 1.165) is 12.1 Å². The van der Waals surface area contributed by atoms with Crippen molar-refractivity contribution in [3.63, 3.8) is 0 Å². The number of amides is 1. The van der Waals surface area contributed by atoms with E-state index in [9.17, 15) is 4.79 Å². The third-order valence-corrected chi connectivity index (χ3v) is 3.14. The van der Waals surface area contributed by atoms with Gasteiger partial charge in [-0.2, -0.15) is 0 Å². The van der Waals surface area contributed by atoms with Gasteiger partial charge in [0, 0.05) is 19.7 Å². The summed E-state index contributed by atoms with van der Waals surface area (Å²) in [5, 5.41) is 2.85. The number of rotatable bonds is 7. The zero-order valence-electron chi connectivity index (χ0n) is 12.8. The first-order chi connectivity index (χ1) is 9.43. The first kappa shape index (κ1) is 16.5. The second-order valence-electron chi connectivity index (χ2n) is 5.20. The highest BCUT2D eigenvalue weighted by Crippen LogP contribution is 2.19. The van der Waals surface area contributed by atoms with Gasteiger partial charge >= 0.3 is 0 Å². The first-order valence-corrected chi connectivity index (χ1v) is 6.83. The van der Waals surface area contributed by atoms with Crippen LogP contribution in [0, 0.1) is 6.92 Å². The van der Waals surface area contributed by atoms with Crippen LogP contribution >= 0.6 is 0 Å². The van der Waals surface area contributed by atoms with Crippen molar-refractivity contribution in [3.05, 3.63) is 23.8 Å². The number of anilines is 2. The predicted molar refractivity (Wildman–Crippen MR) is 82.8 cm³/mol. The molecule has 0 heterocycles. The van der Waals surface area contributed by atoms with E-state index < -0.39 is 0 Å². The molecule has 0 aromatic heterocycles. The number of hydrogen-bond acceptors (Lipinski definition) is 4. The third kappa shape index (κ3) is 5.19. The Bertz CT molecular complexity index is 447. The fourth-order valence-electron chi connectivity index (χ4n) is 1.90. The highest BCUT2D eigenvalue weighted by atomic mass is 16.5. The fraction of sp³-hybridized carbons (Fsp3) is 0.533. The summed E-state index contributed by atoms with van der Waals surface area (Å²) < 4.78 is 5.06. The molecule has 0 fully saturated rings. The van der Waals surface area contributed by atoms with Gasteiger partial charge in [-0.25, -0.2) is 0 Å². The number of carbonyl (C=O) groups excluding carboxylic acids is 1. The van der Waals surface area contributed by atoms with Crippen LogP contribution in [0.25, 0.3) is 0 Å². The average molecular weight is 279 g/mol. The Morgan fingerprint density at radius 2 is 2.15 bits per heavy atom. The van der Waals surface area contributed by atoms with Crippen LogP contribution in [-0.2, 0) is 9.53 Å². The zero-order valence-corrected chi connectivity index (χ0v) is 12.8. The van der Waals surface area contributed by atoms with Crippen molar-refractivity contribution >= 4 is 17.3 Å². The number of methoxy groups -OCH3 is 1. The fourth-order valence-corrected chi connectivity index (χ4v) is 1.90. The Morgan fingerprint density at radius 3 is 2.70 bits per heavy atom. The van der Waals surface area contributed by atoms with Gasteiger partial charge in [-0.15, -0.1) is 0 Å². The molecular formula is C15H25N3O2. The van der Waals surface area contributed by atoms with E-state index in [1.807, 2.05) is 25.1 Å². The number of carbonyl (C=O) groups is 1. The van der Waals surface area contributed by atoms with Gasteiger partial charge < -0.3 is 15.8 Å². The molecule has 0 aliphatic heterocycles. The van der Waals surface area contributed by atoms with Crippen LogP contribution in [0.15, 0.2) is 18.2 Å². The quantitative estimate of drug-likeness (QED) is 0.748. The van der Waals surface area contributed by atoms with Crippen LogP contribution in [0.2, 0.25) is 0 Å². The number of nitrogens with two attached hydrogens (primary N) is 1. The maximum absolute atomic E-state index is 12.1. The Hall–Kier alpha value is -1.59. The highest BCUT2D eigenvalue weighted by Gasteiger charge is 2.14. The standard InChI is InChI=1S/C15H25N3O2/c1-11(2)18(7-8-20-4)10-15(19)17-14-6-5-12(3)9-13(14)16/h5-6,9,11H,7-8,10,16H2,1-4H3,(H,17,19). The van der Waals surface area contributed by atoms with Gasteiger partial charge in [0.05, 0.1) is 24.5 Å². The van der Waals surface area contributed by atoms with Gasteiger partial charge in [-0.05, 0) is 38.5 Å². The van der Waals surface area contributed by atoms with Crippen LogP contribution in [0.3, 0.4) is 0 Å². The van der Waals surface area contributed by atoms with E-state index in [-0.39, 0.29) is 11.9 Å². The van der Waals surface area contributed by atoms with Crippen molar-refractivity contribution in [1.29, 1.82) is 0 Å². The normalized spacial score (nSPS) is 11.1. The number of aryl methyl sites for hydroxylation is 1. The van der Waals surface area contributed by atoms with E-state index in [1.165, 1.54) is 0 Å². The molecular weight excluding hydrogens is 254 g/mol.